The van der Waals surface area contributed by atoms with Crippen molar-refractivity contribution in [2.45, 2.75) is 25.4 Å². The van der Waals surface area contributed by atoms with Crippen LogP contribution in [0.15, 0.2) is 0 Å². The molecule has 0 heterocycles. The average Bonchev–Trinajstić information content (AvgIpc) is 2.24. The molecule has 0 aromatic heterocycles. The molecule has 0 aromatic rings. The van der Waals surface area contributed by atoms with E-state index in [0.717, 1.165) is 5.75 Å². The van der Waals surface area contributed by atoms with Crippen LogP contribution in [0.4, 0.5) is 0 Å². The molecule has 6 heteroatoms. The molecule has 0 aromatic carbocycles. The summed E-state index contributed by atoms with van der Waals surface area (Å²) in [5, 5.41) is 5.01. The lowest BCUT2D eigenvalue weighted by atomic mass is 10.2. The van der Waals surface area contributed by atoms with Crippen LogP contribution in [-0.2, 0) is 9.59 Å². The molecule has 0 saturated heterocycles. The second-order valence-electron chi connectivity index (χ2n) is 3.23. The van der Waals surface area contributed by atoms with Gasteiger partial charge in [0.05, 0.1) is 6.04 Å². The number of hydrogen-bond acceptors (Lipinski definition) is 4. The van der Waals surface area contributed by atoms with Crippen LogP contribution >= 0.6 is 11.8 Å². The van der Waals surface area contributed by atoms with Crippen molar-refractivity contribution in [1.82, 2.24) is 10.6 Å². The maximum atomic E-state index is 11.5. The van der Waals surface area contributed by atoms with Gasteiger partial charge in [-0.05, 0) is 25.4 Å². The highest BCUT2D eigenvalue weighted by Gasteiger charge is 2.18. The highest BCUT2D eigenvalue weighted by molar-refractivity contribution is 7.98. The summed E-state index contributed by atoms with van der Waals surface area (Å²) in [5.74, 6) is 0.337. The Balaban J connectivity index is 3.95. The third-order valence-electron chi connectivity index (χ3n) is 1.97. The van der Waals surface area contributed by atoms with Gasteiger partial charge in [0.2, 0.25) is 11.8 Å². The third-order valence-corrected chi connectivity index (χ3v) is 2.61. The standard InChI is InChI=1S/C9H19N3O2S/c1-6(8(13)11-2)12-9(14)7(10)4-5-15-3/h6-7H,4-5,10H2,1-3H3,(H,11,13)(H,12,14)/t6?,7-/m0/s1. The monoisotopic (exact) mass is 233 g/mol. The number of likely N-dealkylation sites (N-methyl/N-ethyl adjacent to an activating group) is 1. The van der Waals surface area contributed by atoms with Crippen molar-refractivity contribution in [3.05, 3.63) is 0 Å². The minimum atomic E-state index is -0.539. The Kier molecular flexibility index (Phi) is 7.15. The molecule has 5 nitrogen and oxygen atoms in total. The van der Waals surface area contributed by atoms with Crippen LogP contribution in [0.5, 0.6) is 0 Å². The van der Waals surface area contributed by atoms with E-state index in [9.17, 15) is 9.59 Å². The lowest BCUT2D eigenvalue weighted by Crippen LogP contribution is -2.49. The molecular weight excluding hydrogens is 214 g/mol. The van der Waals surface area contributed by atoms with Gasteiger partial charge in [0.1, 0.15) is 6.04 Å². The molecule has 0 saturated carbocycles. The lowest BCUT2D eigenvalue weighted by Gasteiger charge is -2.15. The maximum absolute atomic E-state index is 11.5. The molecule has 0 radical (unpaired) electrons. The number of nitrogens with two attached hydrogens (primary N) is 1. The zero-order valence-corrected chi connectivity index (χ0v) is 10.2. The van der Waals surface area contributed by atoms with Gasteiger partial charge in [0.25, 0.3) is 0 Å². The molecule has 0 spiro atoms. The fourth-order valence-electron chi connectivity index (χ4n) is 0.978. The maximum Gasteiger partial charge on any atom is 0.242 e. The first-order valence-electron chi connectivity index (χ1n) is 4.79. The molecule has 4 N–H and O–H groups in total. The average molecular weight is 233 g/mol. The van der Waals surface area contributed by atoms with Crippen molar-refractivity contribution < 1.29 is 9.59 Å². The summed E-state index contributed by atoms with van der Waals surface area (Å²) in [5.41, 5.74) is 5.64. The molecule has 0 rings (SSSR count). The van der Waals surface area contributed by atoms with E-state index in [1.807, 2.05) is 6.26 Å². The highest BCUT2D eigenvalue weighted by Crippen LogP contribution is 1.99. The zero-order chi connectivity index (χ0) is 11.8. The van der Waals surface area contributed by atoms with Gasteiger partial charge in [-0.1, -0.05) is 0 Å². The van der Waals surface area contributed by atoms with Crippen LogP contribution < -0.4 is 16.4 Å². The fourth-order valence-corrected chi connectivity index (χ4v) is 1.47. The second-order valence-corrected chi connectivity index (χ2v) is 4.22. The van der Waals surface area contributed by atoms with Crippen LogP contribution in [0.2, 0.25) is 0 Å². The number of nitrogens with one attached hydrogen (secondary N) is 2. The van der Waals surface area contributed by atoms with E-state index in [1.165, 1.54) is 7.05 Å². The Morgan fingerprint density at radius 2 is 2.00 bits per heavy atom. The number of thioether (sulfide) groups is 1. The van der Waals surface area contributed by atoms with Crippen molar-refractivity contribution in [1.29, 1.82) is 0 Å². The van der Waals surface area contributed by atoms with Crippen LogP contribution in [0.25, 0.3) is 0 Å². The molecule has 1 unspecified atom stereocenters. The van der Waals surface area contributed by atoms with Gasteiger partial charge < -0.3 is 16.4 Å². The quantitative estimate of drug-likeness (QED) is 0.567. The normalized spacial score (nSPS) is 14.1. The number of carbonyl (C=O) groups is 2. The predicted molar refractivity (Wildman–Crippen MR) is 62.6 cm³/mol. The van der Waals surface area contributed by atoms with Crippen LogP contribution in [0.1, 0.15) is 13.3 Å². The first-order chi connectivity index (χ1) is 7.02. The smallest absolute Gasteiger partial charge is 0.242 e. The summed E-state index contributed by atoms with van der Waals surface area (Å²) in [4.78, 5) is 22.6. The summed E-state index contributed by atoms with van der Waals surface area (Å²) >= 11 is 1.64. The molecule has 15 heavy (non-hydrogen) atoms. The van der Waals surface area contributed by atoms with Crippen LogP contribution in [-0.4, -0.2) is 43.0 Å². The topological polar surface area (TPSA) is 84.2 Å². The van der Waals surface area contributed by atoms with Gasteiger partial charge in [0.15, 0.2) is 0 Å². The van der Waals surface area contributed by atoms with Crippen molar-refractivity contribution in [3.63, 3.8) is 0 Å². The van der Waals surface area contributed by atoms with E-state index >= 15 is 0 Å². The Labute approximate surface area is 94.5 Å². The highest BCUT2D eigenvalue weighted by atomic mass is 32.2. The third kappa shape index (κ3) is 5.64. The lowest BCUT2D eigenvalue weighted by molar-refractivity contribution is -0.128. The zero-order valence-electron chi connectivity index (χ0n) is 9.37. The summed E-state index contributed by atoms with van der Waals surface area (Å²) < 4.78 is 0. The fraction of sp³-hybridized carbons (Fsp3) is 0.778. The van der Waals surface area contributed by atoms with Gasteiger partial charge in [-0.3, -0.25) is 9.59 Å². The molecule has 2 amide bonds. The Bertz CT molecular complexity index is 223. The van der Waals surface area contributed by atoms with Crippen molar-refractivity contribution in [2.24, 2.45) is 5.73 Å². The number of carbonyl (C=O) groups excluding carboxylic acids is 2. The number of amides is 2. The Morgan fingerprint density at radius 1 is 1.40 bits per heavy atom. The van der Waals surface area contributed by atoms with Gasteiger partial charge in [-0.2, -0.15) is 11.8 Å². The first kappa shape index (κ1) is 14.2. The van der Waals surface area contributed by atoms with Crippen LogP contribution in [0, 0.1) is 0 Å². The van der Waals surface area contributed by atoms with E-state index in [4.69, 9.17) is 5.73 Å². The summed E-state index contributed by atoms with van der Waals surface area (Å²) in [6.07, 6.45) is 2.57. The molecule has 0 bridgehead atoms. The predicted octanol–water partition coefficient (Wildman–Crippen LogP) is -0.682. The van der Waals surface area contributed by atoms with E-state index in [2.05, 4.69) is 10.6 Å². The molecular formula is C9H19N3O2S. The minimum absolute atomic E-state index is 0.222. The molecule has 0 aliphatic heterocycles. The number of rotatable bonds is 6. The molecule has 0 fully saturated rings. The Hall–Kier alpha value is -0.750. The summed E-state index contributed by atoms with van der Waals surface area (Å²) in [7, 11) is 1.53. The number of hydrogen-bond donors (Lipinski definition) is 3. The SMILES string of the molecule is CNC(=O)C(C)NC(=O)[C@@H](N)CCSC. The van der Waals surface area contributed by atoms with E-state index in [0.29, 0.717) is 6.42 Å². The molecule has 2 atom stereocenters. The molecule has 88 valence electrons. The van der Waals surface area contributed by atoms with Crippen molar-refractivity contribution in [3.8, 4) is 0 Å². The van der Waals surface area contributed by atoms with Crippen molar-refractivity contribution in [2.75, 3.05) is 19.1 Å². The summed E-state index contributed by atoms with van der Waals surface area (Å²) in [6, 6.07) is -1.08. The largest absolute Gasteiger partial charge is 0.357 e. The first-order valence-corrected chi connectivity index (χ1v) is 6.18. The van der Waals surface area contributed by atoms with Gasteiger partial charge in [0, 0.05) is 7.05 Å². The van der Waals surface area contributed by atoms with E-state index < -0.39 is 12.1 Å². The molecule has 0 aliphatic carbocycles. The second kappa shape index (κ2) is 7.53. The van der Waals surface area contributed by atoms with E-state index in [-0.39, 0.29) is 11.8 Å². The Morgan fingerprint density at radius 3 is 2.47 bits per heavy atom. The van der Waals surface area contributed by atoms with Crippen molar-refractivity contribution >= 4 is 23.6 Å². The van der Waals surface area contributed by atoms with Gasteiger partial charge >= 0.3 is 0 Å². The van der Waals surface area contributed by atoms with Gasteiger partial charge in [-0.25, -0.2) is 0 Å². The van der Waals surface area contributed by atoms with Crippen LogP contribution in [0.3, 0.4) is 0 Å². The molecule has 0 aliphatic rings. The summed E-state index contributed by atoms with van der Waals surface area (Å²) in [6.45, 7) is 1.62. The van der Waals surface area contributed by atoms with E-state index in [1.54, 1.807) is 18.7 Å². The van der Waals surface area contributed by atoms with Gasteiger partial charge in [-0.15, -0.1) is 0 Å². The minimum Gasteiger partial charge on any atom is -0.357 e.